The van der Waals surface area contributed by atoms with Crippen LogP contribution in [0.25, 0.3) is 0 Å². The van der Waals surface area contributed by atoms with Crippen LogP contribution in [-0.4, -0.2) is 24.0 Å². The second kappa shape index (κ2) is 3.68. The van der Waals surface area contributed by atoms with Gasteiger partial charge in [0.05, 0.1) is 11.5 Å². The topological polar surface area (TPSA) is 69.4 Å². The van der Waals surface area contributed by atoms with E-state index in [0.717, 1.165) is 0 Å². The molecule has 0 spiro atoms. The summed E-state index contributed by atoms with van der Waals surface area (Å²) in [5.74, 6) is -0.723. The van der Waals surface area contributed by atoms with E-state index in [0.29, 0.717) is 11.1 Å². The molecule has 5 heteroatoms. The molecule has 0 aromatic heterocycles. The third-order valence-electron chi connectivity index (χ3n) is 2.41. The minimum Gasteiger partial charge on any atom is -0.461 e. The smallest absolute Gasteiger partial charge is 0.338 e. The molecule has 5 nitrogen and oxygen atoms in total. The Labute approximate surface area is 85.8 Å². The number of rotatable bonds is 2. The first kappa shape index (κ1) is 9.64. The maximum atomic E-state index is 11.3. The number of fused-ring (bicyclic) bond motifs is 1. The summed E-state index contributed by atoms with van der Waals surface area (Å²) in [7, 11) is 0. The average molecular weight is 207 g/mol. The summed E-state index contributed by atoms with van der Waals surface area (Å²) in [6, 6.07) is 6.85. The lowest BCUT2D eigenvalue weighted by Crippen LogP contribution is -2.27. The number of benzene rings is 1. The second-order valence-electron chi connectivity index (χ2n) is 3.40. The van der Waals surface area contributed by atoms with Gasteiger partial charge in [-0.05, 0) is 11.6 Å². The molecule has 1 heterocycles. The Morgan fingerprint density at radius 3 is 2.93 bits per heavy atom. The molecule has 1 aromatic carbocycles. The van der Waals surface area contributed by atoms with Crippen molar-refractivity contribution >= 4 is 5.97 Å². The molecular weight excluding hydrogens is 198 g/mol. The van der Waals surface area contributed by atoms with Crippen molar-refractivity contribution in [1.82, 2.24) is 0 Å². The lowest BCUT2D eigenvalue weighted by Gasteiger charge is -2.21. The first-order chi connectivity index (χ1) is 7.18. The predicted octanol–water partition coefficient (Wildman–Crippen LogP) is 1.22. The molecule has 0 aliphatic carbocycles. The van der Waals surface area contributed by atoms with Gasteiger partial charge in [-0.25, -0.2) is 4.79 Å². The van der Waals surface area contributed by atoms with Gasteiger partial charge in [0, 0.05) is 4.92 Å². The molecule has 0 amide bonds. The molecule has 0 saturated carbocycles. The molecule has 2 rings (SSSR count). The van der Waals surface area contributed by atoms with Gasteiger partial charge in [0.25, 0.3) is 0 Å². The Balaban J connectivity index is 2.36. The van der Waals surface area contributed by atoms with Crippen LogP contribution in [0.5, 0.6) is 0 Å². The Bertz CT molecular complexity index is 416. The average Bonchev–Trinajstić information content (AvgIpc) is 2.22. The van der Waals surface area contributed by atoms with Crippen LogP contribution < -0.4 is 0 Å². The normalized spacial score (nSPS) is 19.2. The van der Waals surface area contributed by atoms with Crippen LogP contribution in [0.4, 0.5) is 0 Å². The minimum atomic E-state index is -0.398. The van der Waals surface area contributed by atoms with Crippen LogP contribution in [-0.2, 0) is 4.74 Å². The first-order valence-electron chi connectivity index (χ1n) is 4.56. The number of nitro groups is 1. The van der Waals surface area contributed by atoms with Crippen molar-refractivity contribution in [2.24, 2.45) is 0 Å². The van der Waals surface area contributed by atoms with Crippen LogP contribution in [0.1, 0.15) is 21.8 Å². The minimum absolute atomic E-state index is 0.0941. The van der Waals surface area contributed by atoms with Crippen molar-refractivity contribution in [3.8, 4) is 0 Å². The van der Waals surface area contributed by atoms with Crippen molar-refractivity contribution in [3.63, 3.8) is 0 Å². The van der Waals surface area contributed by atoms with Gasteiger partial charge in [0.15, 0.2) is 0 Å². The van der Waals surface area contributed by atoms with Gasteiger partial charge >= 0.3 is 5.97 Å². The fourth-order valence-electron chi connectivity index (χ4n) is 1.71. The van der Waals surface area contributed by atoms with Gasteiger partial charge in [-0.2, -0.15) is 0 Å². The number of hydrogen-bond donors (Lipinski definition) is 0. The Kier molecular flexibility index (Phi) is 2.37. The van der Waals surface area contributed by atoms with Crippen LogP contribution in [0.15, 0.2) is 24.3 Å². The zero-order valence-electron chi connectivity index (χ0n) is 7.88. The quantitative estimate of drug-likeness (QED) is 0.415. The summed E-state index contributed by atoms with van der Waals surface area (Å²) in [5.41, 5.74) is 1.15. The van der Waals surface area contributed by atoms with E-state index >= 15 is 0 Å². The van der Waals surface area contributed by atoms with E-state index in [1.807, 2.05) is 0 Å². The molecule has 1 aliphatic heterocycles. The molecule has 0 bridgehead atoms. The number of ether oxygens (including phenoxy) is 1. The van der Waals surface area contributed by atoms with Gasteiger partial charge < -0.3 is 4.74 Å². The largest absolute Gasteiger partial charge is 0.461 e. The molecule has 78 valence electrons. The van der Waals surface area contributed by atoms with E-state index in [2.05, 4.69) is 0 Å². The molecule has 0 saturated heterocycles. The van der Waals surface area contributed by atoms with E-state index in [9.17, 15) is 14.9 Å². The summed E-state index contributed by atoms with van der Waals surface area (Å²) in [5, 5.41) is 10.4. The lowest BCUT2D eigenvalue weighted by atomic mass is 9.93. The van der Waals surface area contributed by atoms with Gasteiger partial charge in [-0.15, -0.1) is 0 Å². The standard InChI is InChI=1S/C10H9NO4/c12-10-9-4-2-1-3-8(9)7(6-15-10)5-11(13)14/h1-4,7H,5-6H2/t7-/m0/s1. The fourth-order valence-corrected chi connectivity index (χ4v) is 1.71. The predicted molar refractivity (Wildman–Crippen MR) is 51.3 cm³/mol. The first-order valence-corrected chi connectivity index (χ1v) is 4.56. The van der Waals surface area contributed by atoms with E-state index in [4.69, 9.17) is 4.74 Å². The number of nitrogens with zero attached hydrogens (tertiary/aromatic N) is 1. The molecule has 1 aromatic rings. The SMILES string of the molecule is O=C1OC[C@H](C[N+](=O)[O-])c2ccccc21. The Morgan fingerprint density at radius 2 is 2.20 bits per heavy atom. The maximum Gasteiger partial charge on any atom is 0.338 e. The second-order valence-corrected chi connectivity index (χ2v) is 3.40. The summed E-state index contributed by atoms with van der Waals surface area (Å²) in [6.45, 7) is -0.110. The van der Waals surface area contributed by atoms with Gasteiger partial charge in [0.2, 0.25) is 6.54 Å². The molecule has 1 aliphatic rings. The zero-order valence-corrected chi connectivity index (χ0v) is 7.88. The highest BCUT2D eigenvalue weighted by Crippen LogP contribution is 2.26. The molecule has 1 atom stereocenters. The summed E-state index contributed by atoms with van der Waals surface area (Å²) < 4.78 is 4.87. The van der Waals surface area contributed by atoms with Gasteiger partial charge in [-0.1, -0.05) is 18.2 Å². The lowest BCUT2D eigenvalue weighted by molar-refractivity contribution is -0.484. The van der Waals surface area contributed by atoms with Crippen molar-refractivity contribution in [1.29, 1.82) is 0 Å². The highest BCUT2D eigenvalue weighted by atomic mass is 16.6. The Hall–Kier alpha value is -1.91. The van der Waals surface area contributed by atoms with Gasteiger partial charge in [0.1, 0.15) is 6.61 Å². The van der Waals surface area contributed by atoms with Crippen molar-refractivity contribution in [2.45, 2.75) is 5.92 Å². The van der Waals surface area contributed by atoms with E-state index < -0.39 is 5.97 Å². The number of hydrogen-bond acceptors (Lipinski definition) is 4. The zero-order chi connectivity index (χ0) is 10.8. The van der Waals surface area contributed by atoms with Crippen LogP contribution in [0.2, 0.25) is 0 Å². The summed E-state index contributed by atoms with van der Waals surface area (Å²) >= 11 is 0. The van der Waals surface area contributed by atoms with E-state index in [1.165, 1.54) is 0 Å². The number of carbonyl (C=O) groups excluding carboxylic acids is 1. The fraction of sp³-hybridized carbons (Fsp3) is 0.300. The van der Waals surface area contributed by atoms with Crippen molar-refractivity contribution < 1.29 is 14.5 Å². The molecular formula is C10H9NO4. The third-order valence-corrected chi connectivity index (χ3v) is 2.41. The van der Waals surface area contributed by atoms with Crippen molar-refractivity contribution in [3.05, 3.63) is 45.5 Å². The summed E-state index contributed by atoms with van der Waals surface area (Å²) in [6.07, 6.45) is 0. The Morgan fingerprint density at radius 1 is 1.47 bits per heavy atom. The molecule has 0 fully saturated rings. The maximum absolute atomic E-state index is 11.3. The molecule has 0 N–H and O–H groups in total. The molecule has 15 heavy (non-hydrogen) atoms. The number of cyclic esters (lactones) is 1. The highest BCUT2D eigenvalue weighted by molar-refractivity contribution is 5.92. The molecule has 0 unspecified atom stereocenters. The monoisotopic (exact) mass is 207 g/mol. The van der Waals surface area contributed by atoms with Crippen molar-refractivity contribution in [2.75, 3.05) is 13.2 Å². The van der Waals surface area contributed by atoms with Crippen LogP contribution >= 0.6 is 0 Å². The third kappa shape index (κ3) is 1.81. The summed E-state index contributed by atoms with van der Waals surface area (Å²) in [4.78, 5) is 21.4. The van der Waals surface area contributed by atoms with Crippen LogP contribution in [0, 0.1) is 10.1 Å². The van der Waals surface area contributed by atoms with E-state index in [-0.39, 0.29) is 24.0 Å². The van der Waals surface area contributed by atoms with Gasteiger partial charge in [-0.3, -0.25) is 10.1 Å². The van der Waals surface area contributed by atoms with Crippen LogP contribution in [0.3, 0.4) is 0 Å². The highest BCUT2D eigenvalue weighted by Gasteiger charge is 2.29. The number of carbonyl (C=O) groups is 1. The van der Waals surface area contributed by atoms with E-state index in [1.54, 1.807) is 24.3 Å². The number of esters is 1. The molecule has 0 radical (unpaired) electrons.